The molecule has 10 heteroatoms. The molecule has 6 nitrogen and oxygen atoms in total. The molecule has 0 rings (SSSR count). The third-order valence-corrected chi connectivity index (χ3v) is 8.30. The third kappa shape index (κ3) is 14.3. The molecule has 28 heavy (non-hydrogen) atoms. The molecular formula is C18H36Cl2N4O2P2. The Hall–Kier alpha value is 0.260. The summed E-state index contributed by atoms with van der Waals surface area (Å²) in [4.78, 5) is 0. The van der Waals surface area contributed by atoms with Crippen molar-refractivity contribution in [2.75, 3.05) is 13.2 Å². The van der Waals surface area contributed by atoms with E-state index in [1.807, 2.05) is 12.1 Å². The maximum Gasteiger partial charge on any atom is 0.207 e. The van der Waals surface area contributed by atoms with Crippen LogP contribution in [0.4, 0.5) is 0 Å². The zero-order valence-electron chi connectivity index (χ0n) is 18.4. The number of hydrogen-bond donors (Lipinski definition) is 0. The van der Waals surface area contributed by atoms with Crippen LogP contribution in [0.5, 0.6) is 0 Å². The van der Waals surface area contributed by atoms with Crippen LogP contribution in [0.3, 0.4) is 0 Å². The molecule has 164 valence electrons. The van der Waals surface area contributed by atoms with Gasteiger partial charge in [0.05, 0.1) is 38.2 Å². The Kier molecular flexibility index (Phi) is 19.6. The lowest BCUT2D eigenvalue weighted by Gasteiger charge is -2.32. The summed E-state index contributed by atoms with van der Waals surface area (Å²) in [6, 6.07) is 5.50. The van der Waals surface area contributed by atoms with Crippen LogP contribution >= 0.6 is 37.8 Å². The van der Waals surface area contributed by atoms with E-state index in [-0.39, 0.29) is 0 Å². The standard InChI is InChI=1S/2C9H18ClN2OP/c2*1-8(2)12(9(3)4)14(10)13-7-5-6-11/h2*8-9H,5,7H2,1-4H3. The molecule has 0 aromatic carbocycles. The van der Waals surface area contributed by atoms with Crippen molar-refractivity contribution in [3.8, 4) is 12.1 Å². The van der Waals surface area contributed by atoms with Gasteiger partial charge in [0, 0.05) is 24.2 Å². The first-order valence-electron chi connectivity index (χ1n) is 9.49. The van der Waals surface area contributed by atoms with Crippen molar-refractivity contribution in [3.63, 3.8) is 0 Å². The quantitative estimate of drug-likeness (QED) is 0.224. The Balaban J connectivity index is 0. The van der Waals surface area contributed by atoms with Gasteiger partial charge in [0.25, 0.3) is 0 Å². The van der Waals surface area contributed by atoms with E-state index in [2.05, 4.69) is 64.7 Å². The van der Waals surface area contributed by atoms with Gasteiger partial charge in [0.1, 0.15) is 0 Å². The molecule has 0 aromatic rings. The van der Waals surface area contributed by atoms with E-state index < -0.39 is 15.3 Å². The van der Waals surface area contributed by atoms with Crippen molar-refractivity contribution in [3.05, 3.63) is 0 Å². The van der Waals surface area contributed by atoms with E-state index in [4.69, 9.17) is 42.1 Å². The minimum Gasteiger partial charge on any atom is -0.330 e. The van der Waals surface area contributed by atoms with Crippen LogP contribution in [0.15, 0.2) is 0 Å². The van der Waals surface area contributed by atoms with Crippen LogP contribution in [0.25, 0.3) is 0 Å². The molecule has 0 aromatic heterocycles. The highest BCUT2D eigenvalue weighted by atomic mass is 35.7. The number of rotatable bonds is 12. The van der Waals surface area contributed by atoms with E-state index >= 15 is 0 Å². The molecule has 0 amide bonds. The molecule has 0 aliphatic rings. The van der Waals surface area contributed by atoms with Crippen LogP contribution in [-0.2, 0) is 9.05 Å². The fourth-order valence-corrected chi connectivity index (χ4v) is 7.10. The van der Waals surface area contributed by atoms with Crippen molar-refractivity contribution in [1.82, 2.24) is 9.34 Å². The summed E-state index contributed by atoms with van der Waals surface area (Å²) in [5, 5.41) is 16.7. The SMILES string of the molecule is CC(C)N(C(C)C)P(Cl)OCCC#N.CC(C)N(C(C)C)P(Cl)OCCC#N. The Bertz CT molecular complexity index is 413. The molecule has 0 fully saturated rings. The topological polar surface area (TPSA) is 72.5 Å². The Labute approximate surface area is 184 Å². The second-order valence-corrected chi connectivity index (χ2v) is 11.2. The molecular weight excluding hydrogens is 437 g/mol. The molecule has 0 saturated carbocycles. The summed E-state index contributed by atoms with van der Waals surface area (Å²) < 4.78 is 15.0. The molecule has 0 saturated heterocycles. The monoisotopic (exact) mass is 472 g/mol. The van der Waals surface area contributed by atoms with E-state index in [0.29, 0.717) is 50.2 Å². The van der Waals surface area contributed by atoms with Gasteiger partial charge >= 0.3 is 0 Å². The number of halogens is 2. The maximum atomic E-state index is 8.36. The zero-order chi connectivity index (χ0) is 22.3. The molecule has 2 unspecified atom stereocenters. The highest BCUT2D eigenvalue weighted by Gasteiger charge is 2.24. The Morgan fingerprint density at radius 1 is 0.679 bits per heavy atom. The largest absolute Gasteiger partial charge is 0.330 e. The van der Waals surface area contributed by atoms with Crippen molar-refractivity contribution in [2.45, 2.75) is 92.4 Å². The summed E-state index contributed by atoms with van der Waals surface area (Å²) in [5.41, 5.74) is 0. The van der Waals surface area contributed by atoms with Crippen LogP contribution in [0.1, 0.15) is 68.2 Å². The van der Waals surface area contributed by atoms with Crippen LogP contribution in [-0.4, -0.2) is 46.7 Å². The summed E-state index contributed by atoms with van der Waals surface area (Å²) in [6.45, 7) is 17.5. The third-order valence-electron chi connectivity index (χ3n) is 3.30. The van der Waals surface area contributed by atoms with Gasteiger partial charge in [-0.2, -0.15) is 10.5 Å². The number of nitriles is 2. The van der Waals surface area contributed by atoms with E-state index in [0.717, 1.165) is 0 Å². The second-order valence-electron chi connectivity index (χ2n) is 7.07. The van der Waals surface area contributed by atoms with E-state index in [1.54, 1.807) is 0 Å². The molecule has 0 radical (unpaired) electrons. The lowest BCUT2D eigenvalue weighted by atomic mass is 10.3. The normalized spacial score (nSPS) is 13.6. The van der Waals surface area contributed by atoms with Crippen molar-refractivity contribution in [2.24, 2.45) is 0 Å². The van der Waals surface area contributed by atoms with Gasteiger partial charge in [-0.25, -0.2) is 9.34 Å². The Morgan fingerprint density at radius 2 is 0.929 bits per heavy atom. The average Bonchev–Trinajstić information content (AvgIpc) is 2.54. The van der Waals surface area contributed by atoms with E-state index in [1.165, 1.54) is 0 Å². The van der Waals surface area contributed by atoms with E-state index in [9.17, 15) is 0 Å². The maximum absolute atomic E-state index is 8.36. The van der Waals surface area contributed by atoms with Gasteiger partial charge in [-0.15, -0.1) is 0 Å². The first kappa shape index (κ1) is 30.5. The summed E-state index contributed by atoms with van der Waals surface area (Å²) in [5.74, 6) is 0. The van der Waals surface area contributed by atoms with Crippen molar-refractivity contribution < 1.29 is 9.05 Å². The van der Waals surface area contributed by atoms with Crippen molar-refractivity contribution in [1.29, 1.82) is 10.5 Å². The lowest BCUT2D eigenvalue weighted by Crippen LogP contribution is -2.31. The summed E-state index contributed by atoms with van der Waals surface area (Å²) >= 11 is 12.3. The molecule has 0 spiro atoms. The molecule has 0 bridgehead atoms. The van der Waals surface area contributed by atoms with Crippen molar-refractivity contribution >= 4 is 37.8 Å². The molecule has 2 atom stereocenters. The average molecular weight is 473 g/mol. The molecule has 0 aliphatic heterocycles. The van der Waals surface area contributed by atoms with Crippen LogP contribution in [0, 0.1) is 22.7 Å². The van der Waals surface area contributed by atoms with Crippen LogP contribution in [0.2, 0.25) is 0 Å². The highest BCUT2D eigenvalue weighted by molar-refractivity contribution is 7.78. The van der Waals surface area contributed by atoms with Gasteiger partial charge in [0.2, 0.25) is 15.3 Å². The van der Waals surface area contributed by atoms with Gasteiger partial charge in [-0.1, -0.05) is 0 Å². The fourth-order valence-electron chi connectivity index (χ4n) is 2.39. The van der Waals surface area contributed by atoms with Gasteiger partial charge in [-0.3, -0.25) is 0 Å². The first-order chi connectivity index (χ1) is 13.0. The predicted octanol–water partition coefficient (Wildman–Crippen LogP) is 7.00. The van der Waals surface area contributed by atoms with Crippen LogP contribution < -0.4 is 0 Å². The molecule has 0 heterocycles. The van der Waals surface area contributed by atoms with Gasteiger partial charge < -0.3 is 9.05 Å². The lowest BCUT2D eigenvalue weighted by molar-refractivity contribution is 0.265. The summed E-state index contributed by atoms with van der Waals surface area (Å²) in [6.07, 6.45) is 0.797. The zero-order valence-corrected chi connectivity index (χ0v) is 21.7. The molecule has 0 N–H and O–H groups in total. The minimum absolute atomic E-state index is 0.362. The highest BCUT2D eigenvalue weighted by Crippen LogP contribution is 2.50. The Morgan fingerprint density at radius 3 is 1.11 bits per heavy atom. The smallest absolute Gasteiger partial charge is 0.207 e. The minimum atomic E-state index is -1.08. The van der Waals surface area contributed by atoms with Gasteiger partial charge in [-0.05, 0) is 77.9 Å². The van der Waals surface area contributed by atoms with Gasteiger partial charge in [0.15, 0.2) is 0 Å². The molecule has 0 aliphatic carbocycles. The fraction of sp³-hybridized carbons (Fsp3) is 0.889. The second kappa shape index (κ2) is 18.1. The first-order valence-corrected chi connectivity index (χ1v) is 13.7. The summed E-state index contributed by atoms with van der Waals surface area (Å²) in [7, 11) is -2.16. The number of nitrogens with zero attached hydrogens (tertiary/aromatic N) is 4. The number of hydrogen-bond acceptors (Lipinski definition) is 6. The predicted molar refractivity (Wildman–Crippen MR) is 122 cm³/mol.